The monoisotopic (exact) mass is 308 g/mol. The number of benzene rings is 1. The molecule has 118 valence electrons. The number of amides is 1. The SMILES string of the molecule is Cc1ccc2nc(C)c(C(=O)NC(C)Cn3cccn3)cc2c1. The molecule has 0 aliphatic rings. The fourth-order valence-electron chi connectivity index (χ4n) is 2.66. The number of carbonyl (C=O) groups is 1. The van der Waals surface area contributed by atoms with Gasteiger partial charge in [0.1, 0.15) is 0 Å². The average molecular weight is 308 g/mol. The van der Waals surface area contributed by atoms with Gasteiger partial charge < -0.3 is 5.32 Å². The van der Waals surface area contributed by atoms with Gasteiger partial charge in [0.15, 0.2) is 0 Å². The number of aryl methyl sites for hydroxylation is 2. The van der Waals surface area contributed by atoms with Crippen LogP contribution in [0.15, 0.2) is 42.7 Å². The summed E-state index contributed by atoms with van der Waals surface area (Å²) in [6, 6.07) is 9.83. The predicted octanol–water partition coefficient (Wildman–Crippen LogP) is 2.87. The van der Waals surface area contributed by atoms with E-state index in [4.69, 9.17) is 0 Å². The Bertz CT molecular complexity index is 840. The fraction of sp³-hybridized carbons (Fsp3) is 0.278. The number of fused-ring (bicyclic) bond motifs is 1. The second-order valence-corrected chi connectivity index (χ2v) is 5.92. The molecule has 1 aromatic carbocycles. The van der Waals surface area contributed by atoms with Crippen molar-refractivity contribution in [1.82, 2.24) is 20.1 Å². The highest BCUT2D eigenvalue weighted by atomic mass is 16.1. The molecule has 2 heterocycles. The van der Waals surface area contributed by atoms with Gasteiger partial charge in [-0.15, -0.1) is 0 Å². The van der Waals surface area contributed by atoms with Crippen molar-refractivity contribution in [2.45, 2.75) is 33.4 Å². The molecular formula is C18H20N4O. The largest absolute Gasteiger partial charge is 0.348 e. The molecule has 23 heavy (non-hydrogen) atoms. The van der Waals surface area contributed by atoms with Gasteiger partial charge in [-0.25, -0.2) is 0 Å². The summed E-state index contributed by atoms with van der Waals surface area (Å²) in [6.07, 6.45) is 3.61. The van der Waals surface area contributed by atoms with Gasteiger partial charge >= 0.3 is 0 Å². The van der Waals surface area contributed by atoms with Gasteiger partial charge in [0, 0.05) is 23.8 Å². The maximum Gasteiger partial charge on any atom is 0.253 e. The third kappa shape index (κ3) is 3.39. The molecule has 3 rings (SSSR count). The van der Waals surface area contributed by atoms with Crippen LogP contribution in [0.3, 0.4) is 0 Å². The fourth-order valence-corrected chi connectivity index (χ4v) is 2.66. The first-order valence-electron chi connectivity index (χ1n) is 7.69. The Kier molecular flexibility index (Phi) is 4.10. The third-order valence-corrected chi connectivity index (χ3v) is 3.80. The molecule has 3 aromatic rings. The Balaban J connectivity index is 1.81. The van der Waals surface area contributed by atoms with Crippen LogP contribution in [-0.2, 0) is 6.54 Å². The lowest BCUT2D eigenvalue weighted by atomic mass is 10.1. The first-order chi connectivity index (χ1) is 11.0. The molecular weight excluding hydrogens is 288 g/mol. The van der Waals surface area contributed by atoms with Gasteiger partial charge in [-0.2, -0.15) is 5.10 Å². The van der Waals surface area contributed by atoms with Crippen molar-refractivity contribution in [3.63, 3.8) is 0 Å². The van der Waals surface area contributed by atoms with Crippen LogP contribution < -0.4 is 5.32 Å². The van der Waals surface area contributed by atoms with Crippen LogP contribution in [0.1, 0.15) is 28.5 Å². The lowest BCUT2D eigenvalue weighted by Gasteiger charge is -2.15. The zero-order valence-corrected chi connectivity index (χ0v) is 13.6. The van der Waals surface area contributed by atoms with E-state index in [0.29, 0.717) is 12.1 Å². The number of hydrogen-bond donors (Lipinski definition) is 1. The molecule has 1 amide bonds. The van der Waals surface area contributed by atoms with Crippen molar-refractivity contribution in [2.75, 3.05) is 0 Å². The smallest absolute Gasteiger partial charge is 0.253 e. The van der Waals surface area contributed by atoms with Crippen LogP contribution in [0.5, 0.6) is 0 Å². The van der Waals surface area contributed by atoms with Gasteiger partial charge in [0.2, 0.25) is 0 Å². The van der Waals surface area contributed by atoms with Crippen LogP contribution >= 0.6 is 0 Å². The normalized spacial score (nSPS) is 12.3. The van der Waals surface area contributed by atoms with Gasteiger partial charge in [-0.05, 0) is 45.0 Å². The number of hydrogen-bond acceptors (Lipinski definition) is 3. The molecule has 0 spiro atoms. The lowest BCUT2D eigenvalue weighted by molar-refractivity contribution is 0.0935. The van der Waals surface area contributed by atoms with Crippen molar-refractivity contribution in [3.05, 3.63) is 59.5 Å². The van der Waals surface area contributed by atoms with E-state index >= 15 is 0 Å². The number of carbonyl (C=O) groups excluding carboxylic acids is 1. The highest BCUT2D eigenvalue weighted by Crippen LogP contribution is 2.18. The van der Waals surface area contributed by atoms with E-state index < -0.39 is 0 Å². The molecule has 1 N–H and O–H groups in total. The summed E-state index contributed by atoms with van der Waals surface area (Å²) in [5, 5.41) is 8.16. The Morgan fingerprint density at radius 1 is 1.30 bits per heavy atom. The molecule has 0 radical (unpaired) electrons. The Labute approximate surface area is 135 Å². The van der Waals surface area contributed by atoms with E-state index in [-0.39, 0.29) is 11.9 Å². The van der Waals surface area contributed by atoms with Crippen LogP contribution in [0.4, 0.5) is 0 Å². The van der Waals surface area contributed by atoms with Crippen LogP contribution in [0.25, 0.3) is 10.9 Å². The summed E-state index contributed by atoms with van der Waals surface area (Å²) in [6.45, 7) is 6.50. The van der Waals surface area contributed by atoms with Crippen LogP contribution in [0.2, 0.25) is 0 Å². The molecule has 0 saturated heterocycles. The minimum Gasteiger partial charge on any atom is -0.348 e. The summed E-state index contributed by atoms with van der Waals surface area (Å²) in [5.41, 5.74) is 3.43. The van der Waals surface area contributed by atoms with Gasteiger partial charge in [-0.3, -0.25) is 14.5 Å². The van der Waals surface area contributed by atoms with E-state index in [9.17, 15) is 4.79 Å². The van der Waals surface area contributed by atoms with E-state index in [1.165, 1.54) is 0 Å². The Hall–Kier alpha value is -2.69. The van der Waals surface area contributed by atoms with Crippen molar-refractivity contribution in [1.29, 1.82) is 0 Å². The summed E-state index contributed by atoms with van der Waals surface area (Å²) in [7, 11) is 0. The van der Waals surface area contributed by atoms with E-state index in [2.05, 4.69) is 15.4 Å². The number of nitrogens with zero attached hydrogens (tertiary/aromatic N) is 3. The Morgan fingerprint density at radius 3 is 2.87 bits per heavy atom. The molecule has 0 aliphatic heterocycles. The molecule has 0 aliphatic carbocycles. The average Bonchev–Trinajstić information content (AvgIpc) is 2.99. The molecule has 0 fully saturated rings. The van der Waals surface area contributed by atoms with Crippen molar-refractivity contribution < 1.29 is 4.79 Å². The molecule has 5 nitrogen and oxygen atoms in total. The van der Waals surface area contributed by atoms with E-state index in [0.717, 1.165) is 22.2 Å². The topological polar surface area (TPSA) is 59.8 Å². The van der Waals surface area contributed by atoms with Crippen molar-refractivity contribution in [3.8, 4) is 0 Å². The van der Waals surface area contributed by atoms with Gasteiger partial charge in [0.25, 0.3) is 5.91 Å². The predicted molar refractivity (Wildman–Crippen MR) is 90.4 cm³/mol. The summed E-state index contributed by atoms with van der Waals surface area (Å²) in [4.78, 5) is 17.1. The number of pyridine rings is 1. The summed E-state index contributed by atoms with van der Waals surface area (Å²) < 4.78 is 1.81. The molecule has 0 bridgehead atoms. The zero-order chi connectivity index (χ0) is 16.4. The highest BCUT2D eigenvalue weighted by molar-refractivity contribution is 5.98. The Morgan fingerprint density at radius 2 is 2.13 bits per heavy atom. The van der Waals surface area contributed by atoms with E-state index in [1.54, 1.807) is 10.9 Å². The molecule has 1 atom stereocenters. The van der Waals surface area contributed by atoms with Crippen LogP contribution in [-0.4, -0.2) is 26.7 Å². The molecule has 1 unspecified atom stereocenters. The third-order valence-electron chi connectivity index (χ3n) is 3.80. The van der Waals surface area contributed by atoms with E-state index in [1.807, 2.05) is 57.3 Å². The maximum absolute atomic E-state index is 12.6. The number of rotatable bonds is 4. The maximum atomic E-state index is 12.6. The van der Waals surface area contributed by atoms with Crippen molar-refractivity contribution in [2.24, 2.45) is 0 Å². The summed E-state index contributed by atoms with van der Waals surface area (Å²) in [5.74, 6) is -0.0990. The van der Waals surface area contributed by atoms with Crippen LogP contribution in [0, 0.1) is 13.8 Å². The standard InChI is InChI=1S/C18H20N4O/c1-12-5-6-17-15(9-12)10-16(14(3)21-17)18(23)20-13(2)11-22-8-4-7-19-22/h4-10,13H,11H2,1-3H3,(H,20,23). The van der Waals surface area contributed by atoms with Crippen molar-refractivity contribution >= 4 is 16.8 Å². The van der Waals surface area contributed by atoms with Gasteiger partial charge in [0.05, 0.1) is 23.3 Å². The second kappa shape index (κ2) is 6.20. The minimum absolute atomic E-state index is 0.0185. The minimum atomic E-state index is -0.0990. The quantitative estimate of drug-likeness (QED) is 0.806. The molecule has 0 saturated carbocycles. The molecule has 2 aromatic heterocycles. The lowest BCUT2D eigenvalue weighted by Crippen LogP contribution is -2.36. The molecule has 5 heteroatoms. The first-order valence-corrected chi connectivity index (χ1v) is 7.69. The number of aromatic nitrogens is 3. The van der Waals surface area contributed by atoms with Gasteiger partial charge in [-0.1, -0.05) is 11.6 Å². The summed E-state index contributed by atoms with van der Waals surface area (Å²) >= 11 is 0. The second-order valence-electron chi connectivity index (χ2n) is 5.92. The zero-order valence-electron chi connectivity index (χ0n) is 13.6. The highest BCUT2D eigenvalue weighted by Gasteiger charge is 2.14. The number of nitrogens with one attached hydrogen (secondary N) is 1. The first kappa shape index (κ1) is 15.2.